The first-order valence-electron chi connectivity index (χ1n) is 16.6. The predicted molar refractivity (Wildman–Crippen MR) is 174 cm³/mol. The first kappa shape index (κ1) is 35.6. The van der Waals surface area contributed by atoms with Gasteiger partial charge in [0.05, 0.1) is 0 Å². The summed E-state index contributed by atoms with van der Waals surface area (Å²) in [6.45, 7) is 24.5. The number of sulfonamides is 1. The molecule has 2 amide bonds. The van der Waals surface area contributed by atoms with E-state index < -0.39 is 15.6 Å². The van der Waals surface area contributed by atoms with E-state index in [1.807, 2.05) is 29.7 Å². The minimum absolute atomic E-state index is 0.0308. The molecule has 0 aliphatic carbocycles. The number of nitrogens with zero attached hydrogens (tertiary/aromatic N) is 3. The van der Waals surface area contributed by atoms with Crippen molar-refractivity contribution in [2.45, 2.75) is 93.1 Å². The van der Waals surface area contributed by atoms with Gasteiger partial charge in [-0.15, -0.1) is 0 Å². The molecule has 3 aliphatic rings. The van der Waals surface area contributed by atoms with E-state index in [0.717, 1.165) is 37.8 Å². The van der Waals surface area contributed by atoms with Crippen LogP contribution >= 0.6 is 0 Å². The van der Waals surface area contributed by atoms with Crippen LogP contribution in [-0.2, 0) is 19.6 Å². The Labute approximate surface area is 262 Å². The molecule has 5 atom stereocenters. The number of hydrogen-bond donors (Lipinski definition) is 0. The van der Waals surface area contributed by atoms with Gasteiger partial charge in [0, 0.05) is 44.7 Å². The summed E-state index contributed by atoms with van der Waals surface area (Å²) in [7, 11) is -3.44. The summed E-state index contributed by atoms with van der Waals surface area (Å²) in [6.07, 6.45) is 8.12. The summed E-state index contributed by atoms with van der Waals surface area (Å²) in [4.78, 5) is 30.4. The normalized spacial score (nSPS) is 28.2. The third-order valence-corrected chi connectivity index (χ3v) is 11.8. The second kappa shape index (κ2) is 14.9. The van der Waals surface area contributed by atoms with Gasteiger partial charge in [0.25, 0.3) is 0 Å². The maximum absolute atomic E-state index is 13.4. The van der Waals surface area contributed by atoms with Crippen molar-refractivity contribution < 1.29 is 22.7 Å². The van der Waals surface area contributed by atoms with Crippen molar-refractivity contribution in [3.05, 3.63) is 24.1 Å². The highest BCUT2D eigenvalue weighted by Crippen LogP contribution is 2.37. The van der Waals surface area contributed by atoms with Crippen molar-refractivity contribution in [1.29, 1.82) is 0 Å². The molecule has 5 unspecified atom stereocenters. The Bertz CT molecular complexity index is 1100. The fourth-order valence-electron chi connectivity index (χ4n) is 7.49. The lowest BCUT2D eigenvalue weighted by Gasteiger charge is -2.43. The summed E-state index contributed by atoms with van der Waals surface area (Å²) in [5, 5.41) is 1.03. The zero-order valence-electron chi connectivity index (χ0n) is 28.1. The van der Waals surface area contributed by atoms with E-state index in [9.17, 15) is 18.0 Å². The van der Waals surface area contributed by atoms with Crippen LogP contribution in [-0.4, -0.2) is 79.4 Å². The van der Waals surface area contributed by atoms with Crippen LogP contribution in [0, 0.1) is 47.3 Å². The molecule has 3 heterocycles. The standard InChI is InChI=1S/C34H59N3O5S/c1-10-43(40,41)37-19-16-27(31(23-37)26(6)7)13-14-32(38)35-18-15-28(30(22-35)25(4)5)20-34(8,9)42-33(39)36-17-11-12-29(21-36)24(2)3/h10,13-14,24-31H,1,11-12,15-23H2,2-9H3/b14-13+. The van der Waals surface area contributed by atoms with Crippen LogP contribution < -0.4 is 0 Å². The van der Waals surface area contributed by atoms with Crippen LogP contribution in [0.4, 0.5) is 4.79 Å². The molecule has 8 nitrogen and oxygen atoms in total. The summed E-state index contributed by atoms with van der Waals surface area (Å²) < 4.78 is 32.4. The first-order chi connectivity index (χ1) is 20.0. The van der Waals surface area contributed by atoms with Crippen LogP contribution in [0.1, 0.15) is 87.5 Å². The number of piperidine rings is 3. The van der Waals surface area contributed by atoms with Crippen molar-refractivity contribution >= 4 is 22.0 Å². The SMILES string of the molecule is C=CS(=O)(=O)N1CCC(/C=C/C(=O)N2CCC(CC(C)(C)OC(=O)N3CCCC(C(C)C)C3)C(C(C)C)C2)C(C(C)C)C1. The molecule has 0 spiro atoms. The number of carbonyl (C=O) groups is 2. The van der Waals surface area contributed by atoms with Crippen molar-refractivity contribution in [3.63, 3.8) is 0 Å². The molecular formula is C34H59N3O5S. The van der Waals surface area contributed by atoms with Gasteiger partial charge in [-0.05, 0) is 99.4 Å². The zero-order chi connectivity index (χ0) is 32.1. The van der Waals surface area contributed by atoms with Crippen LogP contribution in [0.5, 0.6) is 0 Å². The second-order valence-electron chi connectivity index (χ2n) is 15.0. The average Bonchev–Trinajstić information content (AvgIpc) is 2.95. The number of rotatable bonds is 10. The fourth-order valence-corrected chi connectivity index (χ4v) is 8.44. The first-order valence-corrected chi connectivity index (χ1v) is 18.1. The Hall–Kier alpha value is -1.87. The van der Waals surface area contributed by atoms with Crippen LogP contribution in [0.25, 0.3) is 0 Å². The topological polar surface area (TPSA) is 87.2 Å². The maximum atomic E-state index is 13.4. The Morgan fingerprint density at radius 3 is 2.16 bits per heavy atom. The molecule has 3 saturated heterocycles. The lowest BCUT2D eigenvalue weighted by molar-refractivity contribution is -0.129. The monoisotopic (exact) mass is 621 g/mol. The Morgan fingerprint density at radius 1 is 0.884 bits per heavy atom. The predicted octanol–water partition coefficient (Wildman–Crippen LogP) is 6.40. The molecule has 0 aromatic rings. The Morgan fingerprint density at radius 2 is 1.56 bits per heavy atom. The molecule has 0 saturated carbocycles. The lowest BCUT2D eigenvalue weighted by Crippen LogP contribution is -2.48. The van der Waals surface area contributed by atoms with Crippen LogP contribution in [0.15, 0.2) is 24.1 Å². The third-order valence-electron chi connectivity index (χ3n) is 10.3. The number of ether oxygens (including phenoxy) is 1. The van der Waals surface area contributed by atoms with E-state index >= 15 is 0 Å². The van der Waals surface area contributed by atoms with Crippen molar-refractivity contribution in [2.24, 2.45) is 47.3 Å². The molecule has 0 aromatic heterocycles. The minimum Gasteiger partial charge on any atom is -0.443 e. The van der Waals surface area contributed by atoms with Crippen molar-refractivity contribution in [3.8, 4) is 0 Å². The second-order valence-corrected chi connectivity index (χ2v) is 16.8. The Balaban J connectivity index is 1.59. The van der Waals surface area contributed by atoms with Gasteiger partial charge in [-0.3, -0.25) is 4.79 Å². The minimum atomic E-state index is -3.44. The molecule has 9 heteroatoms. The van der Waals surface area contributed by atoms with Gasteiger partial charge in [0.15, 0.2) is 0 Å². The summed E-state index contributed by atoms with van der Waals surface area (Å²) in [5.41, 5.74) is -0.578. The molecule has 246 valence electrons. The molecule has 0 aromatic carbocycles. The zero-order valence-corrected chi connectivity index (χ0v) is 28.9. The van der Waals surface area contributed by atoms with E-state index in [1.54, 1.807) is 6.08 Å². The number of hydrogen-bond acceptors (Lipinski definition) is 5. The third kappa shape index (κ3) is 9.56. The molecule has 3 fully saturated rings. The molecule has 43 heavy (non-hydrogen) atoms. The number of allylic oxidation sites excluding steroid dienone is 1. The van der Waals surface area contributed by atoms with Crippen LogP contribution in [0.3, 0.4) is 0 Å². The molecule has 0 bridgehead atoms. The van der Waals surface area contributed by atoms with E-state index in [0.29, 0.717) is 62.2 Å². The molecule has 0 radical (unpaired) electrons. The maximum Gasteiger partial charge on any atom is 0.410 e. The highest BCUT2D eigenvalue weighted by atomic mass is 32.2. The lowest BCUT2D eigenvalue weighted by atomic mass is 9.73. The molecular weight excluding hydrogens is 562 g/mol. The van der Waals surface area contributed by atoms with E-state index in [-0.39, 0.29) is 29.8 Å². The number of carbonyl (C=O) groups excluding carboxylic acids is 2. The largest absolute Gasteiger partial charge is 0.443 e. The number of likely N-dealkylation sites (tertiary alicyclic amines) is 2. The van der Waals surface area contributed by atoms with Gasteiger partial charge in [-0.25, -0.2) is 13.2 Å². The molecule has 3 aliphatic heterocycles. The van der Waals surface area contributed by atoms with Crippen LogP contribution in [0.2, 0.25) is 0 Å². The molecule has 0 N–H and O–H groups in total. The highest BCUT2D eigenvalue weighted by Gasteiger charge is 2.39. The highest BCUT2D eigenvalue weighted by molar-refractivity contribution is 7.92. The summed E-state index contributed by atoms with van der Waals surface area (Å²) >= 11 is 0. The smallest absolute Gasteiger partial charge is 0.410 e. The average molecular weight is 622 g/mol. The number of amides is 2. The van der Waals surface area contributed by atoms with E-state index in [2.05, 4.69) is 48.1 Å². The van der Waals surface area contributed by atoms with Gasteiger partial charge in [0.2, 0.25) is 15.9 Å². The van der Waals surface area contributed by atoms with E-state index in [1.165, 1.54) is 10.7 Å². The summed E-state index contributed by atoms with van der Waals surface area (Å²) in [5.74, 6) is 2.79. The summed E-state index contributed by atoms with van der Waals surface area (Å²) in [6, 6.07) is 0. The molecule has 3 rings (SSSR count). The fraction of sp³-hybridized carbons (Fsp3) is 0.824. The van der Waals surface area contributed by atoms with Gasteiger partial charge in [-0.1, -0.05) is 54.2 Å². The van der Waals surface area contributed by atoms with Gasteiger partial charge < -0.3 is 14.5 Å². The van der Waals surface area contributed by atoms with E-state index in [4.69, 9.17) is 4.74 Å². The van der Waals surface area contributed by atoms with Crippen molar-refractivity contribution in [2.75, 3.05) is 39.3 Å². The quantitative estimate of drug-likeness (QED) is 0.263. The van der Waals surface area contributed by atoms with Gasteiger partial charge in [-0.2, -0.15) is 4.31 Å². The van der Waals surface area contributed by atoms with Gasteiger partial charge >= 0.3 is 6.09 Å². The van der Waals surface area contributed by atoms with Crippen molar-refractivity contribution in [1.82, 2.24) is 14.1 Å². The Kier molecular flexibility index (Phi) is 12.4. The van der Waals surface area contributed by atoms with Gasteiger partial charge in [0.1, 0.15) is 5.60 Å².